The van der Waals surface area contributed by atoms with Gasteiger partial charge in [0, 0.05) is 13.1 Å². The molecule has 3 rings (SSSR count). The zero-order chi connectivity index (χ0) is 14.1. The Morgan fingerprint density at radius 2 is 2.00 bits per heavy atom. The Morgan fingerprint density at radius 3 is 2.70 bits per heavy atom. The zero-order valence-corrected chi connectivity index (χ0v) is 11.1. The summed E-state index contributed by atoms with van der Waals surface area (Å²) in [7, 11) is 0. The summed E-state index contributed by atoms with van der Waals surface area (Å²) >= 11 is 0. The highest BCUT2D eigenvalue weighted by Crippen LogP contribution is 2.14. The Kier molecular flexibility index (Phi) is 3.31. The lowest BCUT2D eigenvalue weighted by Gasteiger charge is -2.14. The molecule has 2 N–H and O–H groups in total. The summed E-state index contributed by atoms with van der Waals surface area (Å²) in [6.45, 7) is 3.57. The number of aromatic nitrogens is 2. The topological polar surface area (TPSA) is 78.3 Å². The van der Waals surface area contributed by atoms with Crippen LogP contribution < -0.4 is 5.69 Å². The first-order valence-corrected chi connectivity index (χ1v) is 6.83. The Hall–Kier alpha value is -2.08. The van der Waals surface area contributed by atoms with Crippen LogP contribution in [0.3, 0.4) is 0 Å². The summed E-state index contributed by atoms with van der Waals surface area (Å²) in [6, 6.07) is 4.71. The molecule has 0 radical (unpaired) electrons. The first-order valence-electron chi connectivity index (χ1n) is 6.83. The third-order valence-corrected chi connectivity index (χ3v) is 3.86. The molecule has 1 aromatic carbocycles. The van der Waals surface area contributed by atoms with Crippen LogP contribution in [0, 0.1) is 0 Å². The minimum Gasteiger partial charge on any atom is -0.478 e. The minimum absolute atomic E-state index is 0.179. The Bertz CT molecular complexity index is 695. The highest BCUT2D eigenvalue weighted by molar-refractivity contribution is 5.92. The van der Waals surface area contributed by atoms with Crippen LogP contribution in [0.2, 0.25) is 0 Å². The lowest BCUT2D eigenvalue weighted by Crippen LogP contribution is -2.28. The number of nitrogens with one attached hydrogen (secondary N) is 1. The fourth-order valence-electron chi connectivity index (χ4n) is 2.76. The van der Waals surface area contributed by atoms with Crippen molar-refractivity contribution < 1.29 is 9.90 Å². The van der Waals surface area contributed by atoms with Crippen molar-refractivity contribution in [3.05, 3.63) is 34.2 Å². The standard InChI is InChI=1S/C14H17N3O3/c18-13(19)10-3-4-11-12(9-10)17(14(20)15-11)8-7-16-5-1-2-6-16/h3-4,9H,1-2,5-8H2,(H,15,20)(H,18,19). The van der Waals surface area contributed by atoms with Crippen molar-refractivity contribution in [2.75, 3.05) is 19.6 Å². The quantitative estimate of drug-likeness (QED) is 0.876. The van der Waals surface area contributed by atoms with Crippen LogP contribution in [0.4, 0.5) is 0 Å². The molecule has 1 saturated heterocycles. The lowest BCUT2D eigenvalue weighted by atomic mass is 10.2. The third-order valence-electron chi connectivity index (χ3n) is 3.86. The van der Waals surface area contributed by atoms with Gasteiger partial charge in [0.25, 0.3) is 0 Å². The Labute approximate surface area is 115 Å². The molecule has 0 spiro atoms. The fraction of sp³-hybridized carbons (Fsp3) is 0.429. The van der Waals surface area contributed by atoms with Crippen molar-refractivity contribution in [1.29, 1.82) is 0 Å². The second-order valence-electron chi connectivity index (χ2n) is 5.17. The summed E-state index contributed by atoms with van der Waals surface area (Å²) in [5, 5.41) is 9.04. The van der Waals surface area contributed by atoms with E-state index in [2.05, 4.69) is 9.88 Å². The smallest absolute Gasteiger partial charge is 0.335 e. The number of carboxylic acid groups (broad SMARTS) is 1. The van der Waals surface area contributed by atoms with E-state index in [9.17, 15) is 9.59 Å². The van der Waals surface area contributed by atoms with E-state index in [0.29, 0.717) is 17.6 Å². The Morgan fingerprint density at radius 1 is 1.25 bits per heavy atom. The summed E-state index contributed by atoms with van der Waals surface area (Å²) in [4.78, 5) is 28.1. The molecular weight excluding hydrogens is 258 g/mol. The van der Waals surface area contributed by atoms with E-state index in [4.69, 9.17) is 5.11 Å². The molecule has 2 heterocycles. The number of aromatic carboxylic acids is 1. The van der Waals surface area contributed by atoms with Gasteiger partial charge in [-0.2, -0.15) is 0 Å². The van der Waals surface area contributed by atoms with Crippen molar-refractivity contribution in [2.45, 2.75) is 19.4 Å². The number of benzene rings is 1. The van der Waals surface area contributed by atoms with Crippen molar-refractivity contribution >= 4 is 17.0 Å². The van der Waals surface area contributed by atoms with Crippen LogP contribution in [-0.4, -0.2) is 45.2 Å². The van der Waals surface area contributed by atoms with Crippen molar-refractivity contribution in [1.82, 2.24) is 14.5 Å². The number of imidazole rings is 1. The van der Waals surface area contributed by atoms with Gasteiger partial charge >= 0.3 is 11.7 Å². The maximum atomic E-state index is 12.0. The van der Waals surface area contributed by atoms with Crippen molar-refractivity contribution in [2.24, 2.45) is 0 Å². The van der Waals surface area contributed by atoms with E-state index in [1.165, 1.54) is 18.9 Å². The number of carboxylic acids is 1. The number of hydrogen-bond acceptors (Lipinski definition) is 3. The number of nitrogens with zero attached hydrogens (tertiary/aromatic N) is 2. The molecule has 0 atom stereocenters. The number of hydrogen-bond donors (Lipinski definition) is 2. The van der Waals surface area contributed by atoms with Gasteiger partial charge in [0.05, 0.1) is 16.6 Å². The maximum absolute atomic E-state index is 12.0. The van der Waals surface area contributed by atoms with E-state index in [1.54, 1.807) is 16.7 Å². The molecule has 6 heteroatoms. The van der Waals surface area contributed by atoms with Crippen LogP contribution in [0.15, 0.2) is 23.0 Å². The average Bonchev–Trinajstić information content (AvgIpc) is 3.02. The predicted octanol–water partition coefficient (Wildman–Crippen LogP) is 1.12. The molecule has 0 unspecified atom stereocenters. The SMILES string of the molecule is O=C(O)c1ccc2[nH]c(=O)n(CCN3CCCC3)c2c1. The van der Waals surface area contributed by atoms with Crippen LogP contribution in [0.5, 0.6) is 0 Å². The largest absolute Gasteiger partial charge is 0.478 e. The lowest BCUT2D eigenvalue weighted by molar-refractivity contribution is 0.0697. The molecule has 2 aromatic rings. The second-order valence-corrected chi connectivity index (χ2v) is 5.17. The summed E-state index contributed by atoms with van der Waals surface area (Å²) in [5.41, 5.74) is 1.36. The molecular formula is C14H17N3O3. The van der Waals surface area contributed by atoms with E-state index in [0.717, 1.165) is 19.6 Å². The number of fused-ring (bicyclic) bond motifs is 1. The van der Waals surface area contributed by atoms with E-state index in [1.807, 2.05) is 0 Å². The molecule has 1 aliphatic heterocycles. The molecule has 6 nitrogen and oxygen atoms in total. The highest BCUT2D eigenvalue weighted by atomic mass is 16.4. The van der Waals surface area contributed by atoms with Crippen LogP contribution in [-0.2, 0) is 6.54 Å². The van der Waals surface area contributed by atoms with Gasteiger partial charge in [-0.25, -0.2) is 9.59 Å². The van der Waals surface area contributed by atoms with Gasteiger partial charge in [-0.05, 0) is 44.1 Å². The number of rotatable bonds is 4. The van der Waals surface area contributed by atoms with Crippen LogP contribution in [0.1, 0.15) is 23.2 Å². The van der Waals surface area contributed by atoms with E-state index >= 15 is 0 Å². The van der Waals surface area contributed by atoms with Crippen molar-refractivity contribution in [3.63, 3.8) is 0 Å². The van der Waals surface area contributed by atoms with Crippen LogP contribution in [0.25, 0.3) is 11.0 Å². The van der Waals surface area contributed by atoms with Gasteiger partial charge < -0.3 is 15.0 Å². The molecule has 1 aromatic heterocycles. The maximum Gasteiger partial charge on any atom is 0.335 e. The van der Waals surface area contributed by atoms with E-state index in [-0.39, 0.29) is 11.3 Å². The van der Waals surface area contributed by atoms with Gasteiger partial charge in [-0.3, -0.25) is 4.57 Å². The Balaban J connectivity index is 1.91. The van der Waals surface area contributed by atoms with Gasteiger partial charge in [-0.1, -0.05) is 0 Å². The van der Waals surface area contributed by atoms with Gasteiger partial charge in [0.1, 0.15) is 0 Å². The summed E-state index contributed by atoms with van der Waals surface area (Å²) < 4.78 is 1.63. The normalized spacial score (nSPS) is 16.0. The van der Waals surface area contributed by atoms with Gasteiger partial charge in [0.15, 0.2) is 0 Å². The molecule has 1 aliphatic rings. The highest BCUT2D eigenvalue weighted by Gasteiger charge is 2.14. The molecule has 0 amide bonds. The van der Waals surface area contributed by atoms with Gasteiger partial charge in [-0.15, -0.1) is 0 Å². The number of aromatic amines is 1. The summed E-state index contributed by atoms with van der Waals surface area (Å²) in [6.07, 6.45) is 2.43. The minimum atomic E-state index is -0.980. The van der Waals surface area contributed by atoms with Crippen LogP contribution >= 0.6 is 0 Å². The number of H-pyrrole nitrogens is 1. The molecule has 0 aliphatic carbocycles. The number of likely N-dealkylation sites (tertiary alicyclic amines) is 1. The predicted molar refractivity (Wildman–Crippen MR) is 75.2 cm³/mol. The average molecular weight is 275 g/mol. The molecule has 0 saturated carbocycles. The van der Waals surface area contributed by atoms with E-state index < -0.39 is 5.97 Å². The number of carbonyl (C=O) groups is 1. The monoisotopic (exact) mass is 275 g/mol. The van der Waals surface area contributed by atoms with Gasteiger partial charge in [0.2, 0.25) is 0 Å². The first-order chi connectivity index (χ1) is 9.65. The zero-order valence-electron chi connectivity index (χ0n) is 11.1. The first kappa shape index (κ1) is 12.9. The van der Waals surface area contributed by atoms with Crippen molar-refractivity contribution in [3.8, 4) is 0 Å². The summed E-state index contributed by atoms with van der Waals surface area (Å²) in [5.74, 6) is -0.980. The fourth-order valence-corrected chi connectivity index (χ4v) is 2.76. The molecule has 20 heavy (non-hydrogen) atoms. The molecule has 1 fully saturated rings. The molecule has 0 bridgehead atoms. The third kappa shape index (κ3) is 2.34. The second kappa shape index (κ2) is 5.13. The molecule has 106 valence electrons.